The molecular weight excluding hydrogens is 388 g/mol. The second-order valence-electron chi connectivity index (χ2n) is 5.26. The molecule has 0 saturated heterocycles. The molecule has 0 aliphatic heterocycles. The van der Waals surface area contributed by atoms with E-state index in [0.29, 0.717) is 33.7 Å². The second kappa shape index (κ2) is 9.22. The molecule has 0 aromatic heterocycles. The zero-order chi connectivity index (χ0) is 18.2. The van der Waals surface area contributed by atoms with Gasteiger partial charge in [-0.2, -0.15) is 0 Å². The maximum absolute atomic E-state index is 12.3. The molecular formula is C19H19BrO5. The molecule has 0 bridgehead atoms. The van der Waals surface area contributed by atoms with Gasteiger partial charge < -0.3 is 14.2 Å². The zero-order valence-electron chi connectivity index (χ0n) is 14.1. The largest absolute Gasteiger partial charge is 0.494 e. The van der Waals surface area contributed by atoms with Crippen LogP contribution in [0.1, 0.15) is 40.5 Å². The van der Waals surface area contributed by atoms with Gasteiger partial charge >= 0.3 is 11.9 Å². The highest BCUT2D eigenvalue weighted by Crippen LogP contribution is 2.27. The van der Waals surface area contributed by atoms with Gasteiger partial charge in [-0.25, -0.2) is 9.59 Å². The molecule has 0 aliphatic rings. The Morgan fingerprint density at radius 2 is 1.80 bits per heavy atom. The molecule has 25 heavy (non-hydrogen) atoms. The molecule has 0 spiro atoms. The third-order valence-electron chi connectivity index (χ3n) is 3.39. The van der Waals surface area contributed by atoms with Crippen LogP contribution in [0.15, 0.2) is 46.9 Å². The minimum Gasteiger partial charge on any atom is -0.494 e. The van der Waals surface area contributed by atoms with Crippen molar-refractivity contribution < 1.29 is 23.8 Å². The molecule has 0 unspecified atom stereocenters. The van der Waals surface area contributed by atoms with Crippen LogP contribution >= 0.6 is 15.9 Å². The molecule has 132 valence electrons. The fourth-order valence-corrected chi connectivity index (χ4v) is 2.49. The van der Waals surface area contributed by atoms with Crippen LogP contribution in [0.25, 0.3) is 0 Å². The third kappa shape index (κ3) is 5.32. The van der Waals surface area contributed by atoms with Crippen molar-refractivity contribution >= 4 is 27.9 Å². The minimum absolute atomic E-state index is 0.315. The molecule has 5 nitrogen and oxygen atoms in total. The maximum Gasteiger partial charge on any atom is 0.343 e. The lowest BCUT2D eigenvalue weighted by atomic mass is 10.2. The Morgan fingerprint density at radius 1 is 1.04 bits per heavy atom. The number of benzene rings is 2. The third-order valence-corrected chi connectivity index (χ3v) is 4.01. The summed E-state index contributed by atoms with van der Waals surface area (Å²) in [7, 11) is 1.31. The average Bonchev–Trinajstić information content (AvgIpc) is 2.63. The predicted molar refractivity (Wildman–Crippen MR) is 97.3 cm³/mol. The smallest absolute Gasteiger partial charge is 0.343 e. The SMILES string of the molecule is CCCCOc1cccc(C(=O)Oc2ccc(C(=O)OC)cc2Br)c1. The molecule has 0 saturated carbocycles. The summed E-state index contributed by atoms with van der Waals surface area (Å²) in [4.78, 5) is 23.8. The summed E-state index contributed by atoms with van der Waals surface area (Å²) in [5, 5.41) is 0. The van der Waals surface area contributed by atoms with Crippen molar-refractivity contribution in [2.75, 3.05) is 13.7 Å². The van der Waals surface area contributed by atoms with Gasteiger partial charge in [-0.3, -0.25) is 0 Å². The maximum atomic E-state index is 12.3. The first-order chi connectivity index (χ1) is 12.0. The van der Waals surface area contributed by atoms with Gasteiger partial charge in [0.25, 0.3) is 0 Å². The first-order valence-electron chi connectivity index (χ1n) is 7.88. The van der Waals surface area contributed by atoms with E-state index in [1.807, 2.05) is 0 Å². The van der Waals surface area contributed by atoms with Crippen LogP contribution in [0, 0.1) is 0 Å². The van der Waals surface area contributed by atoms with E-state index in [4.69, 9.17) is 9.47 Å². The monoisotopic (exact) mass is 406 g/mol. The molecule has 2 rings (SSSR count). The lowest BCUT2D eigenvalue weighted by Gasteiger charge is -2.09. The Hall–Kier alpha value is -2.34. The number of carbonyl (C=O) groups excluding carboxylic acids is 2. The van der Waals surface area contributed by atoms with E-state index < -0.39 is 11.9 Å². The van der Waals surface area contributed by atoms with Gasteiger partial charge in [-0.1, -0.05) is 19.4 Å². The van der Waals surface area contributed by atoms with Crippen molar-refractivity contribution in [2.24, 2.45) is 0 Å². The quantitative estimate of drug-likeness (QED) is 0.380. The molecule has 6 heteroatoms. The normalized spacial score (nSPS) is 10.2. The van der Waals surface area contributed by atoms with E-state index in [-0.39, 0.29) is 0 Å². The Bertz CT molecular complexity index is 757. The molecule has 0 radical (unpaired) electrons. The van der Waals surface area contributed by atoms with Crippen molar-refractivity contribution in [1.29, 1.82) is 0 Å². The van der Waals surface area contributed by atoms with E-state index in [2.05, 4.69) is 27.6 Å². The van der Waals surface area contributed by atoms with E-state index in [1.54, 1.807) is 30.3 Å². The van der Waals surface area contributed by atoms with Crippen LogP contribution in [0.5, 0.6) is 11.5 Å². The summed E-state index contributed by atoms with van der Waals surface area (Å²) in [6.07, 6.45) is 1.99. The summed E-state index contributed by atoms with van der Waals surface area (Å²) in [5.41, 5.74) is 0.749. The molecule has 0 N–H and O–H groups in total. The highest BCUT2D eigenvalue weighted by atomic mass is 79.9. The van der Waals surface area contributed by atoms with E-state index in [9.17, 15) is 9.59 Å². The highest BCUT2D eigenvalue weighted by Gasteiger charge is 2.14. The van der Waals surface area contributed by atoms with Crippen molar-refractivity contribution in [1.82, 2.24) is 0 Å². The Balaban J connectivity index is 2.09. The summed E-state index contributed by atoms with van der Waals surface area (Å²) >= 11 is 3.29. The van der Waals surface area contributed by atoms with Gasteiger partial charge in [0, 0.05) is 0 Å². The zero-order valence-corrected chi connectivity index (χ0v) is 15.7. The van der Waals surface area contributed by atoms with Crippen LogP contribution in [0.4, 0.5) is 0 Å². The number of hydrogen-bond donors (Lipinski definition) is 0. The van der Waals surface area contributed by atoms with Crippen molar-refractivity contribution in [3.63, 3.8) is 0 Å². The Morgan fingerprint density at radius 3 is 2.48 bits per heavy atom. The summed E-state index contributed by atoms with van der Waals surface area (Å²) in [6.45, 7) is 2.69. The highest BCUT2D eigenvalue weighted by molar-refractivity contribution is 9.10. The fraction of sp³-hybridized carbons (Fsp3) is 0.263. The Kier molecular flexibility index (Phi) is 7.01. The van der Waals surface area contributed by atoms with Gasteiger partial charge in [0.05, 0.1) is 29.3 Å². The minimum atomic E-state index is -0.507. The van der Waals surface area contributed by atoms with E-state index in [0.717, 1.165) is 12.8 Å². The molecule has 0 fully saturated rings. The first kappa shape index (κ1) is 19.0. The number of ether oxygens (including phenoxy) is 3. The van der Waals surface area contributed by atoms with Gasteiger partial charge in [-0.15, -0.1) is 0 Å². The topological polar surface area (TPSA) is 61.8 Å². The van der Waals surface area contributed by atoms with Gasteiger partial charge in [0.1, 0.15) is 11.5 Å². The molecule has 0 atom stereocenters. The van der Waals surface area contributed by atoms with Gasteiger partial charge in [0.15, 0.2) is 0 Å². The first-order valence-corrected chi connectivity index (χ1v) is 8.67. The lowest BCUT2D eigenvalue weighted by Crippen LogP contribution is -2.10. The second-order valence-corrected chi connectivity index (χ2v) is 6.11. The van der Waals surface area contributed by atoms with Crippen molar-refractivity contribution in [3.8, 4) is 11.5 Å². The lowest BCUT2D eigenvalue weighted by molar-refractivity contribution is 0.0600. The predicted octanol–water partition coefficient (Wildman–Crippen LogP) is 4.63. The fourth-order valence-electron chi connectivity index (χ4n) is 2.03. The molecule has 2 aromatic rings. The number of rotatable bonds is 7. The average molecular weight is 407 g/mol. The van der Waals surface area contributed by atoms with Crippen LogP contribution in [-0.2, 0) is 4.74 Å². The number of esters is 2. The van der Waals surface area contributed by atoms with Crippen LogP contribution < -0.4 is 9.47 Å². The summed E-state index contributed by atoms with van der Waals surface area (Å²) in [5.74, 6) is -0.0269. The number of methoxy groups -OCH3 is 1. The number of carbonyl (C=O) groups is 2. The number of hydrogen-bond acceptors (Lipinski definition) is 5. The van der Waals surface area contributed by atoms with Gasteiger partial charge in [0.2, 0.25) is 0 Å². The summed E-state index contributed by atoms with van der Waals surface area (Å²) < 4.78 is 16.1. The number of halogens is 1. The van der Waals surface area contributed by atoms with Gasteiger partial charge in [-0.05, 0) is 58.7 Å². The molecule has 0 heterocycles. The van der Waals surface area contributed by atoms with Crippen LogP contribution in [0.3, 0.4) is 0 Å². The molecule has 2 aromatic carbocycles. The molecule has 0 aliphatic carbocycles. The van der Waals surface area contributed by atoms with E-state index in [1.165, 1.54) is 19.2 Å². The van der Waals surface area contributed by atoms with E-state index >= 15 is 0 Å². The number of unbranched alkanes of at least 4 members (excludes halogenated alkanes) is 1. The standard InChI is InChI=1S/C19H19BrO5/c1-3-4-10-24-15-7-5-6-13(11-15)19(22)25-17-9-8-14(12-16(17)20)18(21)23-2/h5-9,11-12H,3-4,10H2,1-2H3. The Labute approximate surface area is 155 Å². The van der Waals surface area contributed by atoms with Crippen LogP contribution in [-0.4, -0.2) is 25.7 Å². The van der Waals surface area contributed by atoms with Crippen molar-refractivity contribution in [2.45, 2.75) is 19.8 Å². The van der Waals surface area contributed by atoms with Crippen LogP contribution in [0.2, 0.25) is 0 Å². The molecule has 0 amide bonds. The van der Waals surface area contributed by atoms with Crippen molar-refractivity contribution in [3.05, 3.63) is 58.1 Å². The summed E-state index contributed by atoms with van der Waals surface area (Å²) in [6, 6.07) is 11.5.